The Labute approximate surface area is 83.3 Å². The zero-order valence-electron chi connectivity index (χ0n) is 8.94. The standard InChI is InChI=1S/C10H17F2NO/c1-9(2,3)4-8(14)13-6-10(12,5-11)7-13/h4-7H2,1-3H3. The number of halogens is 2. The second-order valence-corrected chi connectivity index (χ2v) is 5.27. The molecule has 1 fully saturated rings. The van der Waals surface area contributed by atoms with Crippen LogP contribution in [0.1, 0.15) is 27.2 Å². The number of alkyl halides is 2. The van der Waals surface area contributed by atoms with Crippen molar-refractivity contribution >= 4 is 5.91 Å². The third kappa shape index (κ3) is 2.66. The van der Waals surface area contributed by atoms with Gasteiger partial charge in [-0.15, -0.1) is 0 Å². The Morgan fingerprint density at radius 2 is 1.93 bits per heavy atom. The molecule has 1 aliphatic heterocycles. The number of likely N-dealkylation sites (tertiary alicyclic amines) is 1. The van der Waals surface area contributed by atoms with E-state index in [1.54, 1.807) is 0 Å². The normalized spacial score (nSPS) is 20.5. The predicted molar refractivity (Wildman–Crippen MR) is 50.5 cm³/mol. The summed E-state index contributed by atoms with van der Waals surface area (Å²) in [6.07, 6.45) is 0.384. The molecule has 0 spiro atoms. The van der Waals surface area contributed by atoms with Gasteiger partial charge in [0.1, 0.15) is 6.67 Å². The molecule has 0 aromatic heterocycles. The minimum Gasteiger partial charge on any atom is -0.336 e. The lowest BCUT2D eigenvalue weighted by Gasteiger charge is -2.43. The van der Waals surface area contributed by atoms with Crippen LogP contribution in [0.4, 0.5) is 8.78 Å². The molecule has 1 saturated heterocycles. The Bertz CT molecular complexity index is 229. The fourth-order valence-electron chi connectivity index (χ4n) is 1.46. The van der Waals surface area contributed by atoms with Crippen LogP contribution in [0.25, 0.3) is 0 Å². The van der Waals surface area contributed by atoms with Crippen molar-refractivity contribution in [2.75, 3.05) is 19.8 Å². The highest BCUT2D eigenvalue weighted by Crippen LogP contribution is 2.29. The second kappa shape index (κ2) is 3.48. The number of hydrogen-bond donors (Lipinski definition) is 0. The molecule has 0 N–H and O–H groups in total. The van der Waals surface area contributed by atoms with Gasteiger partial charge in [-0.2, -0.15) is 0 Å². The van der Waals surface area contributed by atoms with Crippen LogP contribution in [-0.2, 0) is 4.79 Å². The van der Waals surface area contributed by atoms with E-state index in [-0.39, 0.29) is 24.4 Å². The molecule has 0 aliphatic carbocycles. The molecular weight excluding hydrogens is 188 g/mol. The molecule has 0 aromatic rings. The third-order valence-electron chi connectivity index (χ3n) is 2.22. The number of carbonyl (C=O) groups excluding carboxylic acids is 1. The first-order valence-corrected chi connectivity index (χ1v) is 4.78. The summed E-state index contributed by atoms with van der Waals surface area (Å²) in [6, 6.07) is 0. The van der Waals surface area contributed by atoms with Crippen molar-refractivity contribution in [2.24, 2.45) is 5.41 Å². The molecule has 0 unspecified atom stereocenters. The average Bonchev–Trinajstić information content (AvgIpc) is 1.95. The van der Waals surface area contributed by atoms with Gasteiger partial charge in [0, 0.05) is 6.42 Å². The fraction of sp³-hybridized carbons (Fsp3) is 0.900. The van der Waals surface area contributed by atoms with Crippen molar-refractivity contribution in [3.8, 4) is 0 Å². The minimum atomic E-state index is -1.77. The molecule has 4 heteroatoms. The summed E-state index contributed by atoms with van der Waals surface area (Å²) >= 11 is 0. The van der Waals surface area contributed by atoms with Crippen molar-refractivity contribution in [3.63, 3.8) is 0 Å². The largest absolute Gasteiger partial charge is 0.336 e. The van der Waals surface area contributed by atoms with Crippen molar-refractivity contribution in [2.45, 2.75) is 32.9 Å². The third-order valence-corrected chi connectivity index (χ3v) is 2.22. The van der Waals surface area contributed by atoms with E-state index >= 15 is 0 Å². The molecule has 1 aliphatic rings. The Balaban J connectivity index is 2.37. The van der Waals surface area contributed by atoms with Crippen LogP contribution in [-0.4, -0.2) is 36.2 Å². The van der Waals surface area contributed by atoms with Crippen molar-refractivity contribution < 1.29 is 13.6 Å². The van der Waals surface area contributed by atoms with Gasteiger partial charge in [-0.3, -0.25) is 4.79 Å². The first-order valence-electron chi connectivity index (χ1n) is 4.78. The molecule has 14 heavy (non-hydrogen) atoms. The highest BCUT2D eigenvalue weighted by atomic mass is 19.2. The maximum atomic E-state index is 13.1. The maximum Gasteiger partial charge on any atom is 0.223 e. The van der Waals surface area contributed by atoms with E-state index in [1.807, 2.05) is 20.8 Å². The zero-order chi connectivity index (χ0) is 11.0. The predicted octanol–water partition coefficient (Wildman–Crippen LogP) is 1.94. The first kappa shape index (κ1) is 11.4. The van der Waals surface area contributed by atoms with Crippen molar-refractivity contribution in [1.29, 1.82) is 0 Å². The lowest BCUT2D eigenvalue weighted by molar-refractivity contribution is -0.148. The van der Waals surface area contributed by atoms with Crippen LogP contribution in [0.3, 0.4) is 0 Å². The molecule has 0 radical (unpaired) electrons. The quantitative estimate of drug-likeness (QED) is 0.674. The SMILES string of the molecule is CC(C)(C)CC(=O)N1CC(F)(CF)C1. The smallest absolute Gasteiger partial charge is 0.223 e. The van der Waals surface area contributed by atoms with E-state index in [2.05, 4.69) is 0 Å². The minimum absolute atomic E-state index is 0.0841. The molecule has 82 valence electrons. The average molecular weight is 205 g/mol. The summed E-state index contributed by atoms with van der Waals surface area (Å²) in [5.41, 5.74) is -1.87. The summed E-state index contributed by atoms with van der Waals surface area (Å²) in [7, 11) is 0. The molecule has 0 saturated carbocycles. The van der Waals surface area contributed by atoms with E-state index in [1.165, 1.54) is 4.90 Å². The number of carbonyl (C=O) groups is 1. The summed E-state index contributed by atoms with van der Waals surface area (Å²) < 4.78 is 25.2. The van der Waals surface area contributed by atoms with Gasteiger partial charge < -0.3 is 4.90 Å². The fourth-order valence-corrected chi connectivity index (χ4v) is 1.46. The lowest BCUT2D eigenvalue weighted by Crippen LogP contribution is -2.62. The monoisotopic (exact) mass is 205 g/mol. The van der Waals surface area contributed by atoms with Gasteiger partial charge in [0.2, 0.25) is 5.91 Å². The van der Waals surface area contributed by atoms with E-state index in [0.717, 1.165) is 0 Å². The Morgan fingerprint density at radius 3 is 2.29 bits per heavy atom. The number of rotatable bonds is 2. The van der Waals surface area contributed by atoms with Gasteiger partial charge in [-0.1, -0.05) is 20.8 Å². The van der Waals surface area contributed by atoms with Gasteiger partial charge in [0.05, 0.1) is 13.1 Å². The Hall–Kier alpha value is -0.670. The van der Waals surface area contributed by atoms with Gasteiger partial charge in [0.15, 0.2) is 5.67 Å². The molecule has 2 nitrogen and oxygen atoms in total. The van der Waals surface area contributed by atoms with E-state index in [9.17, 15) is 13.6 Å². The first-order chi connectivity index (χ1) is 6.26. The summed E-state index contributed by atoms with van der Waals surface area (Å²) in [5.74, 6) is -0.0841. The lowest BCUT2D eigenvalue weighted by atomic mass is 9.89. The van der Waals surface area contributed by atoms with Crippen LogP contribution in [0.2, 0.25) is 0 Å². The number of amides is 1. The van der Waals surface area contributed by atoms with Crippen LogP contribution >= 0.6 is 0 Å². The molecule has 0 atom stereocenters. The Kier molecular flexibility index (Phi) is 2.83. The highest BCUT2D eigenvalue weighted by Gasteiger charge is 2.46. The van der Waals surface area contributed by atoms with Crippen LogP contribution in [0.15, 0.2) is 0 Å². The summed E-state index contributed by atoms with van der Waals surface area (Å²) in [6.45, 7) is 4.68. The molecule has 1 amide bonds. The zero-order valence-corrected chi connectivity index (χ0v) is 8.94. The van der Waals surface area contributed by atoms with Crippen molar-refractivity contribution in [1.82, 2.24) is 4.90 Å². The summed E-state index contributed by atoms with van der Waals surface area (Å²) in [5, 5.41) is 0. The van der Waals surface area contributed by atoms with Gasteiger partial charge in [-0.25, -0.2) is 8.78 Å². The van der Waals surface area contributed by atoms with Gasteiger partial charge >= 0.3 is 0 Å². The molecule has 1 heterocycles. The maximum absolute atomic E-state index is 13.1. The summed E-state index contributed by atoms with van der Waals surface area (Å²) in [4.78, 5) is 12.9. The van der Waals surface area contributed by atoms with Gasteiger partial charge in [-0.05, 0) is 5.41 Å². The topological polar surface area (TPSA) is 20.3 Å². The Morgan fingerprint density at radius 1 is 1.43 bits per heavy atom. The number of nitrogens with zero attached hydrogens (tertiary/aromatic N) is 1. The van der Waals surface area contributed by atoms with E-state index in [0.29, 0.717) is 6.42 Å². The van der Waals surface area contributed by atoms with E-state index < -0.39 is 12.3 Å². The van der Waals surface area contributed by atoms with Gasteiger partial charge in [0.25, 0.3) is 0 Å². The van der Waals surface area contributed by atoms with Crippen molar-refractivity contribution in [3.05, 3.63) is 0 Å². The highest BCUT2D eigenvalue weighted by molar-refractivity contribution is 5.78. The van der Waals surface area contributed by atoms with Crippen LogP contribution in [0, 0.1) is 5.41 Å². The van der Waals surface area contributed by atoms with Crippen LogP contribution in [0.5, 0.6) is 0 Å². The molecule has 1 rings (SSSR count). The molecule has 0 bridgehead atoms. The molecular formula is C10H17F2NO. The molecule has 0 aromatic carbocycles. The number of hydrogen-bond acceptors (Lipinski definition) is 1. The van der Waals surface area contributed by atoms with Crippen LogP contribution < -0.4 is 0 Å². The second-order valence-electron chi connectivity index (χ2n) is 5.27. The van der Waals surface area contributed by atoms with E-state index in [4.69, 9.17) is 0 Å².